The fraction of sp³-hybridized carbons (Fsp3) is 0.259. The number of carbonyl (C=O) groups is 1. The highest BCUT2D eigenvalue weighted by molar-refractivity contribution is 14.0. The maximum Gasteiger partial charge on any atom is 0.253 e. The summed E-state index contributed by atoms with van der Waals surface area (Å²) >= 11 is 0. The number of halogens is 1. The summed E-state index contributed by atoms with van der Waals surface area (Å²) < 4.78 is 5.92. The Kier molecular flexibility index (Phi) is 11.4. The van der Waals surface area contributed by atoms with Crippen LogP contribution < -0.4 is 15.4 Å². The van der Waals surface area contributed by atoms with Gasteiger partial charge in [0.05, 0.1) is 0 Å². The first-order chi connectivity index (χ1) is 16.1. The second-order valence-electron chi connectivity index (χ2n) is 7.87. The molecule has 0 aliphatic heterocycles. The molecule has 0 aromatic heterocycles. The van der Waals surface area contributed by atoms with Gasteiger partial charge >= 0.3 is 0 Å². The van der Waals surface area contributed by atoms with E-state index >= 15 is 0 Å². The van der Waals surface area contributed by atoms with Crippen molar-refractivity contribution >= 4 is 35.8 Å². The molecule has 0 aliphatic rings. The van der Waals surface area contributed by atoms with Crippen LogP contribution in [0.25, 0.3) is 0 Å². The molecule has 3 aromatic carbocycles. The van der Waals surface area contributed by atoms with Gasteiger partial charge in [-0.1, -0.05) is 54.6 Å². The Morgan fingerprint density at radius 1 is 0.912 bits per heavy atom. The minimum Gasteiger partial charge on any atom is -0.489 e. The van der Waals surface area contributed by atoms with Crippen LogP contribution in [0.15, 0.2) is 83.9 Å². The Morgan fingerprint density at radius 3 is 2.32 bits per heavy atom. The van der Waals surface area contributed by atoms with Crippen LogP contribution in [-0.2, 0) is 19.6 Å². The van der Waals surface area contributed by atoms with E-state index in [0.29, 0.717) is 25.3 Å². The van der Waals surface area contributed by atoms with E-state index in [-0.39, 0.29) is 29.9 Å². The van der Waals surface area contributed by atoms with Crippen molar-refractivity contribution in [2.45, 2.75) is 19.6 Å². The summed E-state index contributed by atoms with van der Waals surface area (Å²) in [6.45, 7) is 1.86. The molecule has 0 atom stereocenters. The fourth-order valence-electron chi connectivity index (χ4n) is 3.39. The molecule has 1 amide bonds. The average Bonchev–Trinajstić information content (AvgIpc) is 2.85. The van der Waals surface area contributed by atoms with Crippen LogP contribution >= 0.6 is 24.0 Å². The predicted octanol–water partition coefficient (Wildman–Crippen LogP) is 4.49. The van der Waals surface area contributed by atoms with E-state index in [1.54, 1.807) is 26.0 Å². The lowest BCUT2D eigenvalue weighted by Gasteiger charge is -2.15. The molecule has 0 fully saturated rings. The van der Waals surface area contributed by atoms with Gasteiger partial charge in [0.1, 0.15) is 12.4 Å². The van der Waals surface area contributed by atoms with Crippen LogP contribution in [-0.4, -0.2) is 44.5 Å². The number of aliphatic imine (C=N–C) groups is 1. The summed E-state index contributed by atoms with van der Waals surface area (Å²) in [5.41, 5.74) is 4.10. The standard InChI is InChI=1S/C27H32N4O2.HI/c1-28-27(29-17-16-21-10-9-13-22(18-21)26(32)31(2)3)30-19-23-11-7-8-12-24(23)20-33-25-14-5-4-6-15-25;/h4-15,18H,16-17,19-20H2,1-3H3,(H2,28,29,30);1H. The smallest absolute Gasteiger partial charge is 0.253 e. The molecule has 3 aromatic rings. The van der Waals surface area contributed by atoms with Crippen LogP contribution in [0.5, 0.6) is 5.75 Å². The summed E-state index contributed by atoms with van der Waals surface area (Å²) in [6, 6.07) is 25.8. The quantitative estimate of drug-likeness (QED) is 0.225. The van der Waals surface area contributed by atoms with Crippen molar-refractivity contribution < 1.29 is 9.53 Å². The first-order valence-corrected chi connectivity index (χ1v) is 11.1. The zero-order valence-electron chi connectivity index (χ0n) is 20.0. The molecule has 6 nitrogen and oxygen atoms in total. The van der Waals surface area contributed by atoms with Gasteiger partial charge < -0.3 is 20.3 Å². The number of rotatable bonds is 9. The largest absolute Gasteiger partial charge is 0.489 e. The number of amides is 1. The lowest BCUT2D eigenvalue weighted by Crippen LogP contribution is -2.38. The van der Waals surface area contributed by atoms with Gasteiger partial charge in [0, 0.05) is 39.8 Å². The highest BCUT2D eigenvalue weighted by Gasteiger charge is 2.08. The van der Waals surface area contributed by atoms with Gasteiger partial charge in [-0.25, -0.2) is 0 Å². The Bertz CT molecular complexity index is 1070. The van der Waals surface area contributed by atoms with Crippen LogP contribution in [0, 0.1) is 0 Å². The molecular formula is C27H33IN4O2. The van der Waals surface area contributed by atoms with E-state index in [1.807, 2.05) is 66.7 Å². The topological polar surface area (TPSA) is 66.0 Å². The Morgan fingerprint density at radius 2 is 1.62 bits per heavy atom. The molecule has 7 heteroatoms. The van der Waals surface area contributed by atoms with Crippen molar-refractivity contribution in [2.75, 3.05) is 27.7 Å². The molecule has 0 unspecified atom stereocenters. The van der Waals surface area contributed by atoms with Crippen LogP contribution in [0.2, 0.25) is 0 Å². The molecule has 34 heavy (non-hydrogen) atoms. The number of nitrogens with zero attached hydrogens (tertiary/aromatic N) is 2. The molecule has 2 N–H and O–H groups in total. The minimum absolute atomic E-state index is 0. The third-order valence-corrected chi connectivity index (χ3v) is 5.21. The maximum atomic E-state index is 12.2. The molecular weight excluding hydrogens is 539 g/mol. The van der Waals surface area contributed by atoms with Crippen LogP contribution in [0.3, 0.4) is 0 Å². The molecule has 0 aliphatic carbocycles. The van der Waals surface area contributed by atoms with Crippen LogP contribution in [0.4, 0.5) is 0 Å². The van der Waals surface area contributed by atoms with Crippen molar-refractivity contribution in [3.8, 4) is 5.75 Å². The number of hydrogen-bond donors (Lipinski definition) is 2. The van der Waals surface area contributed by atoms with Crippen molar-refractivity contribution in [2.24, 2.45) is 4.99 Å². The molecule has 0 saturated heterocycles. The van der Waals surface area contributed by atoms with E-state index in [0.717, 1.165) is 34.8 Å². The molecule has 0 saturated carbocycles. The summed E-state index contributed by atoms with van der Waals surface area (Å²) in [7, 11) is 5.28. The van der Waals surface area contributed by atoms with Crippen molar-refractivity contribution in [1.29, 1.82) is 0 Å². The predicted molar refractivity (Wildman–Crippen MR) is 149 cm³/mol. The van der Waals surface area contributed by atoms with Gasteiger partial charge in [-0.2, -0.15) is 0 Å². The van der Waals surface area contributed by atoms with E-state index in [4.69, 9.17) is 4.74 Å². The van der Waals surface area contributed by atoms with Crippen LogP contribution in [0.1, 0.15) is 27.0 Å². The highest BCUT2D eigenvalue weighted by Crippen LogP contribution is 2.14. The Balaban J connectivity index is 0.00000408. The van der Waals surface area contributed by atoms with Gasteiger partial charge in [0.25, 0.3) is 5.91 Å². The number of guanidine groups is 1. The Labute approximate surface area is 219 Å². The van der Waals surface area contributed by atoms with E-state index in [9.17, 15) is 4.79 Å². The van der Waals surface area contributed by atoms with Gasteiger partial charge in [-0.3, -0.25) is 9.79 Å². The van der Waals surface area contributed by atoms with E-state index in [1.165, 1.54) is 0 Å². The van der Waals surface area contributed by atoms with E-state index < -0.39 is 0 Å². The summed E-state index contributed by atoms with van der Waals surface area (Å²) in [5, 5.41) is 6.73. The fourth-order valence-corrected chi connectivity index (χ4v) is 3.39. The Hall–Kier alpha value is -3.07. The lowest BCUT2D eigenvalue weighted by atomic mass is 10.1. The monoisotopic (exact) mass is 572 g/mol. The summed E-state index contributed by atoms with van der Waals surface area (Å²) in [6.07, 6.45) is 0.788. The SMILES string of the molecule is CN=C(NCCc1cccc(C(=O)N(C)C)c1)NCc1ccccc1COc1ccccc1.I. The summed E-state index contributed by atoms with van der Waals surface area (Å²) in [4.78, 5) is 18.1. The second-order valence-corrected chi connectivity index (χ2v) is 7.87. The molecule has 0 heterocycles. The summed E-state index contributed by atoms with van der Waals surface area (Å²) in [5.74, 6) is 1.60. The number of benzene rings is 3. The highest BCUT2D eigenvalue weighted by atomic mass is 127. The van der Waals surface area contributed by atoms with Crippen molar-refractivity contribution in [1.82, 2.24) is 15.5 Å². The first kappa shape index (κ1) is 27.2. The van der Waals surface area contributed by atoms with E-state index in [2.05, 4.69) is 27.8 Å². The van der Waals surface area contributed by atoms with Gasteiger partial charge in [-0.05, 0) is 47.4 Å². The molecule has 0 radical (unpaired) electrons. The van der Waals surface area contributed by atoms with Crippen molar-refractivity contribution in [3.05, 3.63) is 101 Å². The van der Waals surface area contributed by atoms with Gasteiger partial charge in [0.15, 0.2) is 5.96 Å². The maximum absolute atomic E-state index is 12.2. The zero-order chi connectivity index (χ0) is 23.5. The number of para-hydroxylation sites is 1. The normalized spacial score (nSPS) is 10.7. The third kappa shape index (κ3) is 8.37. The third-order valence-electron chi connectivity index (χ3n) is 5.21. The zero-order valence-corrected chi connectivity index (χ0v) is 22.3. The minimum atomic E-state index is 0. The lowest BCUT2D eigenvalue weighted by molar-refractivity contribution is 0.0827. The van der Waals surface area contributed by atoms with Crippen molar-refractivity contribution in [3.63, 3.8) is 0 Å². The molecule has 0 bridgehead atoms. The number of carbonyl (C=O) groups excluding carboxylic acids is 1. The number of ether oxygens (including phenoxy) is 1. The number of hydrogen-bond acceptors (Lipinski definition) is 3. The van der Waals surface area contributed by atoms with Gasteiger partial charge in [-0.15, -0.1) is 24.0 Å². The molecule has 180 valence electrons. The number of nitrogens with one attached hydrogen (secondary N) is 2. The average molecular weight is 572 g/mol. The first-order valence-electron chi connectivity index (χ1n) is 11.1. The molecule has 0 spiro atoms. The molecule has 3 rings (SSSR count). The van der Waals surface area contributed by atoms with Gasteiger partial charge in [0.2, 0.25) is 0 Å². The second kappa shape index (κ2) is 14.2.